The summed E-state index contributed by atoms with van der Waals surface area (Å²) in [6.45, 7) is 4.52. The first kappa shape index (κ1) is 28.6. The van der Waals surface area contributed by atoms with E-state index in [0.29, 0.717) is 55.2 Å². The lowest BCUT2D eigenvalue weighted by Gasteiger charge is -2.58. The second-order valence-electron chi connectivity index (χ2n) is 10.3. The number of benzene rings is 2. The van der Waals surface area contributed by atoms with Gasteiger partial charge in [0.2, 0.25) is 0 Å². The summed E-state index contributed by atoms with van der Waals surface area (Å²) < 4.78 is 82.4. The fourth-order valence-electron chi connectivity index (χ4n) is 6.48. The molecule has 2 aromatic carbocycles. The maximum Gasteiger partial charge on any atom is 0.416 e. The average Bonchev–Trinajstić information content (AvgIpc) is 2.86. The average molecular weight is 601 g/mol. The molecule has 38 heavy (non-hydrogen) atoms. The standard InChI is InChI=1S/C28H27F6N2O.BrH/c1-2-17-15-36(16-19-13-20(27(29,30)31)7-8-23(19)28(32,33)34)12-10-18(17)14-25(36)26(37)22-9-11-35-24-6-4-3-5-21(22)24;/h2-9,11,13,17-18,25-26,37H,1,10,12,14-16H2;1H/q+1;/p-1/t17?,18?,25?,26-,36?;/m1./s1. The van der Waals surface area contributed by atoms with Gasteiger partial charge in [0.1, 0.15) is 18.7 Å². The fraction of sp³-hybridized carbons (Fsp3) is 0.393. The highest BCUT2D eigenvalue weighted by Gasteiger charge is 2.54. The SMILES string of the molecule is C=CC1C[N+]2(Cc3cc(C(F)(F)F)ccc3C(F)(F)F)CCC1CC2[C@H](O)c1ccnc2ccccc12.[Br-]. The third kappa shape index (κ3) is 5.10. The zero-order chi connectivity index (χ0) is 26.6. The van der Waals surface area contributed by atoms with Gasteiger partial charge in [0.15, 0.2) is 0 Å². The predicted octanol–water partition coefficient (Wildman–Crippen LogP) is 3.92. The minimum Gasteiger partial charge on any atom is -1.00 e. The number of aromatic nitrogens is 1. The van der Waals surface area contributed by atoms with Crippen molar-refractivity contribution in [3.63, 3.8) is 0 Å². The first-order valence-corrected chi connectivity index (χ1v) is 12.2. The summed E-state index contributed by atoms with van der Waals surface area (Å²) in [5.74, 6) is 0.209. The summed E-state index contributed by atoms with van der Waals surface area (Å²) in [6, 6.07) is 10.2. The lowest BCUT2D eigenvalue weighted by molar-refractivity contribution is -0.985. The zero-order valence-electron chi connectivity index (χ0n) is 20.3. The van der Waals surface area contributed by atoms with E-state index in [2.05, 4.69) is 11.6 Å². The first-order chi connectivity index (χ1) is 17.4. The van der Waals surface area contributed by atoms with E-state index >= 15 is 0 Å². The molecular weight excluding hydrogens is 574 g/mol. The number of aliphatic hydroxyl groups is 1. The molecule has 0 radical (unpaired) electrons. The highest BCUT2D eigenvalue weighted by Crippen LogP contribution is 2.49. The third-order valence-corrected chi connectivity index (χ3v) is 8.26. The molecule has 6 rings (SSSR count). The van der Waals surface area contributed by atoms with Crippen LogP contribution < -0.4 is 17.0 Å². The second-order valence-corrected chi connectivity index (χ2v) is 10.3. The molecule has 3 fully saturated rings. The molecule has 4 unspecified atom stereocenters. The minimum absolute atomic E-state index is 0. The van der Waals surface area contributed by atoms with Gasteiger partial charge in [-0.3, -0.25) is 4.98 Å². The zero-order valence-corrected chi connectivity index (χ0v) is 21.9. The Balaban J connectivity index is 0.00000336. The van der Waals surface area contributed by atoms with Gasteiger partial charge >= 0.3 is 12.4 Å². The van der Waals surface area contributed by atoms with Gasteiger partial charge in [-0.05, 0) is 41.8 Å². The fourth-order valence-corrected chi connectivity index (χ4v) is 6.48. The van der Waals surface area contributed by atoms with Crippen LogP contribution in [-0.4, -0.2) is 33.7 Å². The molecule has 1 aromatic heterocycles. The molecule has 3 aliphatic heterocycles. The van der Waals surface area contributed by atoms with E-state index in [9.17, 15) is 31.4 Å². The molecule has 0 saturated carbocycles. The highest BCUT2D eigenvalue weighted by atomic mass is 79.9. The van der Waals surface area contributed by atoms with Crippen molar-refractivity contribution in [1.82, 2.24) is 4.98 Å². The lowest BCUT2D eigenvalue weighted by atomic mass is 9.71. The van der Waals surface area contributed by atoms with Crippen LogP contribution in [0.3, 0.4) is 0 Å². The summed E-state index contributed by atoms with van der Waals surface area (Å²) in [4.78, 5) is 4.34. The molecule has 3 nitrogen and oxygen atoms in total. The van der Waals surface area contributed by atoms with Crippen LogP contribution in [0.25, 0.3) is 10.9 Å². The topological polar surface area (TPSA) is 33.1 Å². The maximum atomic E-state index is 13.9. The van der Waals surface area contributed by atoms with E-state index in [0.717, 1.165) is 5.39 Å². The van der Waals surface area contributed by atoms with Crippen LogP contribution in [0, 0.1) is 11.8 Å². The minimum atomic E-state index is -4.81. The summed E-state index contributed by atoms with van der Waals surface area (Å²) in [5, 5.41) is 12.5. The summed E-state index contributed by atoms with van der Waals surface area (Å²) in [6.07, 6.45) is -5.99. The molecule has 4 heterocycles. The Morgan fingerprint density at radius 3 is 2.47 bits per heavy atom. The molecule has 3 saturated heterocycles. The van der Waals surface area contributed by atoms with E-state index < -0.39 is 41.2 Å². The van der Waals surface area contributed by atoms with Crippen molar-refractivity contribution in [2.24, 2.45) is 11.8 Å². The van der Waals surface area contributed by atoms with Gasteiger partial charge in [-0.25, -0.2) is 0 Å². The summed E-state index contributed by atoms with van der Waals surface area (Å²) in [7, 11) is 0. The molecule has 0 amide bonds. The van der Waals surface area contributed by atoms with Gasteiger partial charge in [0.05, 0.1) is 29.7 Å². The normalized spacial score (nSPS) is 26.1. The smallest absolute Gasteiger partial charge is 0.416 e. The number of piperidine rings is 3. The quantitative estimate of drug-likeness (QED) is 0.274. The van der Waals surface area contributed by atoms with Crippen LogP contribution in [0.1, 0.15) is 41.2 Å². The second kappa shape index (κ2) is 10.3. The van der Waals surface area contributed by atoms with Gasteiger partial charge in [-0.2, -0.15) is 26.3 Å². The Labute approximate surface area is 227 Å². The van der Waals surface area contributed by atoms with Crippen molar-refractivity contribution in [2.75, 3.05) is 13.1 Å². The van der Waals surface area contributed by atoms with Crippen molar-refractivity contribution >= 4 is 10.9 Å². The Morgan fingerprint density at radius 1 is 1.05 bits per heavy atom. The van der Waals surface area contributed by atoms with E-state index in [1.54, 1.807) is 18.3 Å². The number of rotatable bonds is 5. The highest BCUT2D eigenvalue weighted by molar-refractivity contribution is 5.82. The van der Waals surface area contributed by atoms with Crippen molar-refractivity contribution in [1.29, 1.82) is 0 Å². The molecule has 5 atom stereocenters. The predicted molar refractivity (Wildman–Crippen MR) is 127 cm³/mol. The molecule has 2 bridgehead atoms. The number of quaternary nitrogens is 1. The Bertz CT molecular complexity index is 1320. The number of hydrogen-bond acceptors (Lipinski definition) is 2. The summed E-state index contributed by atoms with van der Waals surface area (Å²) in [5.41, 5.74) is -1.28. The molecule has 10 heteroatoms. The molecule has 0 spiro atoms. The largest absolute Gasteiger partial charge is 1.00 e. The van der Waals surface area contributed by atoms with E-state index in [-0.39, 0.29) is 39.8 Å². The third-order valence-electron chi connectivity index (χ3n) is 8.26. The van der Waals surface area contributed by atoms with Crippen LogP contribution in [0.5, 0.6) is 0 Å². The number of pyridine rings is 1. The van der Waals surface area contributed by atoms with Gasteiger partial charge < -0.3 is 26.6 Å². The van der Waals surface area contributed by atoms with Crippen molar-refractivity contribution in [3.05, 3.63) is 89.6 Å². The first-order valence-electron chi connectivity index (χ1n) is 12.2. The number of halogens is 7. The van der Waals surface area contributed by atoms with Gasteiger partial charge in [-0.1, -0.05) is 24.3 Å². The van der Waals surface area contributed by atoms with Gasteiger partial charge in [0.25, 0.3) is 0 Å². The Kier molecular flexibility index (Phi) is 7.73. The van der Waals surface area contributed by atoms with E-state index in [1.807, 2.05) is 24.3 Å². The number of fused-ring (bicyclic) bond motifs is 4. The molecule has 1 N–H and O–H groups in total. The number of aliphatic hydroxyl groups excluding tert-OH is 1. The summed E-state index contributed by atoms with van der Waals surface area (Å²) >= 11 is 0. The molecule has 3 aromatic rings. The van der Waals surface area contributed by atoms with Crippen LogP contribution in [0.4, 0.5) is 26.3 Å². The molecule has 3 aliphatic rings. The van der Waals surface area contributed by atoms with E-state index in [4.69, 9.17) is 0 Å². The monoisotopic (exact) mass is 600 g/mol. The number of para-hydroxylation sites is 1. The van der Waals surface area contributed by atoms with Crippen LogP contribution in [-0.2, 0) is 18.9 Å². The number of hydrogen-bond donors (Lipinski definition) is 1. The van der Waals surface area contributed by atoms with Crippen molar-refractivity contribution in [2.45, 2.75) is 43.9 Å². The van der Waals surface area contributed by atoms with Crippen LogP contribution in [0.15, 0.2) is 67.4 Å². The molecule has 0 aliphatic carbocycles. The Morgan fingerprint density at radius 2 is 1.79 bits per heavy atom. The van der Waals surface area contributed by atoms with Gasteiger partial charge in [0, 0.05) is 35.9 Å². The van der Waals surface area contributed by atoms with Crippen LogP contribution >= 0.6 is 0 Å². The van der Waals surface area contributed by atoms with Crippen LogP contribution in [0.2, 0.25) is 0 Å². The Hall–Kier alpha value is -2.43. The lowest BCUT2D eigenvalue weighted by Crippen LogP contribution is -3.00. The molecule has 204 valence electrons. The van der Waals surface area contributed by atoms with Gasteiger partial charge in [-0.15, -0.1) is 6.58 Å². The molecular formula is C28H27BrF6N2O. The van der Waals surface area contributed by atoms with Crippen molar-refractivity contribution in [3.8, 4) is 0 Å². The number of nitrogens with zero attached hydrogens (tertiary/aromatic N) is 2. The van der Waals surface area contributed by atoms with E-state index in [1.165, 1.54) is 0 Å². The maximum absolute atomic E-state index is 13.9. The number of alkyl halides is 6. The van der Waals surface area contributed by atoms with Crippen molar-refractivity contribution < 1.29 is 52.9 Å².